The van der Waals surface area contributed by atoms with Gasteiger partial charge in [0.1, 0.15) is 10.8 Å². The fraction of sp³-hybridized carbons (Fsp3) is 0.450. The Kier molecular flexibility index (Phi) is 7.11. The van der Waals surface area contributed by atoms with Crippen molar-refractivity contribution in [3.63, 3.8) is 0 Å². The van der Waals surface area contributed by atoms with E-state index in [1.807, 2.05) is 24.3 Å². The Balaban J connectivity index is 1.64. The van der Waals surface area contributed by atoms with Gasteiger partial charge in [0.15, 0.2) is 0 Å². The highest BCUT2D eigenvalue weighted by atomic mass is 32.2. The first-order valence-corrected chi connectivity index (χ1v) is 10.4. The van der Waals surface area contributed by atoms with Crippen LogP contribution < -0.4 is 15.7 Å². The number of aromatic nitrogens is 2. The Bertz CT molecular complexity index is 898. The highest BCUT2D eigenvalue weighted by molar-refractivity contribution is 7.99. The molecule has 1 amide bonds. The Labute approximate surface area is 168 Å². The Morgan fingerprint density at radius 3 is 2.96 bits per heavy atom. The summed E-state index contributed by atoms with van der Waals surface area (Å²) in [5.41, 5.74) is 2.61. The van der Waals surface area contributed by atoms with E-state index in [9.17, 15) is 14.7 Å². The van der Waals surface area contributed by atoms with Crippen LogP contribution >= 0.6 is 11.8 Å². The van der Waals surface area contributed by atoms with Crippen molar-refractivity contribution in [3.8, 4) is 5.75 Å². The summed E-state index contributed by atoms with van der Waals surface area (Å²) in [4.78, 5) is 28.8. The number of nitrogens with zero attached hydrogens (tertiary/aromatic N) is 2. The predicted octanol–water partition coefficient (Wildman–Crippen LogP) is 1.53. The molecule has 0 saturated carbocycles. The Morgan fingerprint density at radius 1 is 1.36 bits per heavy atom. The van der Waals surface area contributed by atoms with E-state index in [1.165, 1.54) is 11.8 Å². The maximum Gasteiger partial charge on any atom is 0.348 e. The fourth-order valence-corrected chi connectivity index (χ4v) is 4.27. The Hall–Kier alpha value is -2.32. The number of hydrogen-bond acceptors (Lipinski definition) is 6. The first kappa shape index (κ1) is 20.4. The van der Waals surface area contributed by atoms with Crippen molar-refractivity contribution in [2.75, 3.05) is 19.5 Å². The normalized spacial score (nSPS) is 13.1. The summed E-state index contributed by atoms with van der Waals surface area (Å²) in [6, 6.07) is 7.54. The lowest BCUT2D eigenvalue weighted by atomic mass is 9.97. The fourth-order valence-electron chi connectivity index (χ4n) is 3.37. The minimum Gasteiger partial charge on any atom is -0.497 e. The van der Waals surface area contributed by atoms with Gasteiger partial charge in [-0.15, -0.1) is 0 Å². The third-order valence-electron chi connectivity index (χ3n) is 4.74. The number of thioether (sulfide) groups is 1. The number of ether oxygens (including phenoxy) is 1. The molecule has 0 aliphatic heterocycles. The van der Waals surface area contributed by atoms with Gasteiger partial charge in [0, 0.05) is 17.8 Å². The van der Waals surface area contributed by atoms with Gasteiger partial charge >= 0.3 is 5.69 Å². The first-order chi connectivity index (χ1) is 13.6. The smallest absolute Gasteiger partial charge is 0.348 e. The average Bonchev–Trinajstić information content (AvgIpc) is 2.73. The molecule has 1 aliphatic rings. The summed E-state index contributed by atoms with van der Waals surface area (Å²) in [5, 5.41) is 12.8. The highest BCUT2D eigenvalue weighted by Gasteiger charge is 2.20. The van der Waals surface area contributed by atoms with Gasteiger partial charge in [-0.2, -0.15) is 4.98 Å². The largest absolute Gasteiger partial charge is 0.497 e. The molecule has 3 rings (SSSR count). The second kappa shape index (κ2) is 9.75. The first-order valence-electron chi connectivity index (χ1n) is 9.38. The van der Waals surface area contributed by atoms with Crippen molar-refractivity contribution in [2.45, 2.75) is 43.8 Å². The minimum absolute atomic E-state index is 0.0901. The van der Waals surface area contributed by atoms with Gasteiger partial charge in [-0.1, -0.05) is 23.9 Å². The van der Waals surface area contributed by atoms with Crippen molar-refractivity contribution in [1.29, 1.82) is 0 Å². The van der Waals surface area contributed by atoms with Gasteiger partial charge in [0.2, 0.25) is 5.91 Å². The molecular weight excluding hydrogens is 378 g/mol. The van der Waals surface area contributed by atoms with Crippen molar-refractivity contribution < 1.29 is 14.6 Å². The zero-order valence-electron chi connectivity index (χ0n) is 15.9. The number of hydrogen-bond donors (Lipinski definition) is 2. The van der Waals surface area contributed by atoms with Gasteiger partial charge in [0.05, 0.1) is 26.0 Å². The number of aliphatic hydroxyl groups excluding tert-OH is 1. The zero-order valence-corrected chi connectivity index (χ0v) is 16.8. The topological polar surface area (TPSA) is 93.5 Å². The minimum atomic E-state index is -0.353. The van der Waals surface area contributed by atoms with Gasteiger partial charge in [-0.3, -0.25) is 9.36 Å². The number of benzene rings is 1. The van der Waals surface area contributed by atoms with E-state index in [0.717, 1.165) is 48.3 Å². The maximum atomic E-state index is 12.3. The molecular formula is C20H25N3O4S. The van der Waals surface area contributed by atoms with Crippen molar-refractivity contribution in [1.82, 2.24) is 14.9 Å². The van der Waals surface area contributed by atoms with E-state index >= 15 is 0 Å². The van der Waals surface area contributed by atoms with Gasteiger partial charge < -0.3 is 15.2 Å². The molecule has 8 heteroatoms. The molecule has 0 spiro atoms. The average molecular weight is 404 g/mol. The van der Waals surface area contributed by atoms with E-state index in [2.05, 4.69) is 10.3 Å². The van der Waals surface area contributed by atoms with E-state index in [0.29, 0.717) is 11.6 Å². The van der Waals surface area contributed by atoms with E-state index in [1.54, 1.807) is 11.7 Å². The number of rotatable bonds is 8. The van der Waals surface area contributed by atoms with Crippen LogP contribution in [0.1, 0.15) is 29.7 Å². The quantitative estimate of drug-likeness (QED) is 0.513. The molecule has 1 aromatic carbocycles. The summed E-state index contributed by atoms with van der Waals surface area (Å²) >= 11 is 1.30. The van der Waals surface area contributed by atoms with Crippen LogP contribution in [0, 0.1) is 0 Å². The number of carbonyl (C=O) groups excluding carboxylic acids is 1. The molecule has 2 N–H and O–H groups in total. The summed E-state index contributed by atoms with van der Waals surface area (Å²) in [5.74, 6) is 0.839. The van der Waals surface area contributed by atoms with Gasteiger partial charge in [-0.05, 0) is 43.4 Å². The molecule has 0 bridgehead atoms. The molecule has 1 aliphatic carbocycles. The van der Waals surface area contributed by atoms with Crippen molar-refractivity contribution in [3.05, 3.63) is 51.6 Å². The molecule has 0 unspecified atom stereocenters. The SMILES string of the molecule is COc1cccc(CNC(=O)CSc2nc(=O)n(CCO)c3c2CCCC3)c1. The van der Waals surface area contributed by atoms with E-state index in [-0.39, 0.29) is 30.5 Å². The van der Waals surface area contributed by atoms with Crippen LogP contribution in [0.3, 0.4) is 0 Å². The zero-order chi connectivity index (χ0) is 19.9. The number of nitrogens with one attached hydrogen (secondary N) is 1. The maximum absolute atomic E-state index is 12.3. The molecule has 0 atom stereocenters. The molecule has 150 valence electrons. The second-order valence-electron chi connectivity index (χ2n) is 6.62. The molecule has 0 fully saturated rings. The van der Waals surface area contributed by atoms with E-state index < -0.39 is 0 Å². The van der Waals surface area contributed by atoms with Crippen LogP contribution in [0.25, 0.3) is 0 Å². The monoisotopic (exact) mass is 403 g/mol. The van der Waals surface area contributed by atoms with Crippen LogP contribution in [-0.2, 0) is 30.7 Å². The second-order valence-corrected chi connectivity index (χ2v) is 7.59. The molecule has 7 nitrogen and oxygen atoms in total. The lowest BCUT2D eigenvalue weighted by Crippen LogP contribution is -2.31. The van der Waals surface area contributed by atoms with Crippen LogP contribution in [0.15, 0.2) is 34.1 Å². The molecule has 1 heterocycles. The summed E-state index contributed by atoms with van der Waals surface area (Å²) in [6.45, 7) is 0.591. The van der Waals surface area contributed by atoms with Crippen molar-refractivity contribution in [2.24, 2.45) is 0 Å². The molecule has 2 aromatic rings. The lowest BCUT2D eigenvalue weighted by molar-refractivity contribution is -0.118. The summed E-state index contributed by atoms with van der Waals surface area (Å²) in [6.07, 6.45) is 3.72. The Morgan fingerprint density at radius 2 is 2.18 bits per heavy atom. The summed E-state index contributed by atoms with van der Waals surface area (Å²) < 4.78 is 6.76. The predicted molar refractivity (Wildman–Crippen MR) is 108 cm³/mol. The molecule has 0 radical (unpaired) electrons. The molecule has 0 saturated heterocycles. The van der Waals surface area contributed by atoms with Crippen molar-refractivity contribution >= 4 is 17.7 Å². The third-order valence-corrected chi connectivity index (χ3v) is 5.76. The van der Waals surface area contributed by atoms with Gasteiger partial charge in [-0.25, -0.2) is 4.79 Å². The summed E-state index contributed by atoms with van der Waals surface area (Å²) in [7, 11) is 1.61. The van der Waals surface area contributed by atoms with Gasteiger partial charge in [0.25, 0.3) is 0 Å². The number of carbonyl (C=O) groups is 1. The third kappa shape index (κ3) is 4.94. The molecule has 28 heavy (non-hydrogen) atoms. The van der Waals surface area contributed by atoms with E-state index in [4.69, 9.17) is 4.74 Å². The standard InChI is InChI=1S/C20H25N3O4S/c1-27-15-6-4-5-14(11-15)12-21-18(25)13-28-19-16-7-2-3-8-17(16)23(9-10-24)20(26)22-19/h4-6,11,24H,2-3,7-10,12-13H2,1H3,(H,21,25). The van der Waals surface area contributed by atoms with Crippen LogP contribution in [0.4, 0.5) is 0 Å². The van der Waals surface area contributed by atoms with Crippen LogP contribution in [0.2, 0.25) is 0 Å². The number of fused-ring (bicyclic) bond motifs is 1. The highest BCUT2D eigenvalue weighted by Crippen LogP contribution is 2.28. The number of aliphatic hydroxyl groups is 1. The number of amides is 1. The lowest BCUT2D eigenvalue weighted by Gasteiger charge is -2.22. The van der Waals surface area contributed by atoms with Crippen LogP contribution in [0.5, 0.6) is 5.75 Å². The number of methoxy groups -OCH3 is 1. The molecule has 1 aromatic heterocycles. The van der Waals surface area contributed by atoms with Crippen LogP contribution in [-0.4, -0.2) is 40.0 Å².